The van der Waals surface area contributed by atoms with Gasteiger partial charge in [0.2, 0.25) is 0 Å². The molecule has 0 fully saturated rings. The Bertz CT molecular complexity index is 220. The molecule has 0 rings (SSSR count). The summed E-state index contributed by atoms with van der Waals surface area (Å²) in [6.45, 7) is 11.7. The average molecular weight is 284 g/mol. The first-order chi connectivity index (χ1) is 9.36. The van der Waals surface area contributed by atoms with Crippen molar-refractivity contribution in [2.24, 2.45) is 11.8 Å². The smallest absolute Gasteiger partial charge is 0.132 e. The molecule has 0 N–H and O–H groups in total. The zero-order chi connectivity index (χ0) is 16.0. The molecule has 0 saturated carbocycles. The highest BCUT2D eigenvalue weighted by Crippen LogP contribution is 2.10. The molecule has 0 aliphatic rings. The van der Waals surface area contributed by atoms with E-state index in [2.05, 4.69) is 13.8 Å². The van der Waals surface area contributed by atoms with E-state index in [-0.39, 0.29) is 11.8 Å². The molecule has 0 spiro atoms. The maximum Gasteiger partial charge on any atom is 0.132 e. The summed E-state index contributed by atoms with van der Waals surface area (Å²) >= 11 is 0. The first-order valence-electron chi connectivity index (χ1n) is 8.37. The van der Waals surface area contributed by atoms with Crippen LogP contribution in [0, 0.1) is 11.8 Å². The van der Waals surface area contributed by atoms with Crippen LogP contribution in [-0.4, -0.2) is 11.6 Å². The van der Waals surface area contributed by atoms with Crippen LogP contribution in [0.5, 0.6) is 0 Å². The van der Waals surface area contributed by atoms with E-state index in [1.165, 1.54) is 38.5 Å². The summed E-state index contributed by atoms with van der Waals surface area (Å²) in [5.74, 6) is 1.23. The molecule has 20 heavy (non-hydrogen) atoms. The lowest BCUT2D eigenvalue weighted by Crippen LogP contribution is -2.05. The zero-order valence-electron chi connectivity index (χ0n) is 14.6. The normalized spacial score (nSPS) is 13.1. The van der Waals surface area contributed by atoms with Crippen LogP contribution >= 0.6 is 0 Å². The lowest BCUT2D eigenvalue weighted by Gasteiger charge is -2.04. The maximum absolute atomic E-state index is 10.7. The molecule has 2 unspecified atom stereocenters. The average Bonchev–Trinajstić information content (AvgIpc) is 2.39. The van der Waals surface area contributed by atoms with Crippen LogP contribution in [-0.2, 0) is 9.59 Å². The third-order valence-corrected chi connectivity index (χ3v) is 3.87. The van der Waals surface area contributed by atoms with Gasteiger partial charge in [-0.25, -0.2) is 0 Å². The van der Waals surface area contributed by atoms with Crippen LogP contribution in [0.25, 0.3) is 0 Å². The highest BCUT2D eigenvalue weighted by molar-refractivity contribution is 5.78. The molecule has 0 bridgehead atoms. The fourth-order valence-electron chi connectivity index (χ4n) is 1.81. The largest absolute Gasteiger partial charge is 0.300 e. The van der Waals surface area contributed by atoms with Crippen molar-refractivity contribution in [3.63, 3.8) is 0 Å². The topological polar surface area (TPSA) is 34.1 Å². The van der Waals surface area contributed by atoms with E-state index in [1.807, 2.05) is 13.8 Å². The first-order valence-corrected chi connectivity index (χ1v) is 8.37. The van der Waals surface area contributed by atoms with Gasteiger partial charge in [0.15, 0.2) is 0 Å². The molecule has 0 aromatic heterocycles. The number of hydrogen-bond donors (Lipinski definition) is 0. The van der Waals surface area contributed by atoms with Gasteiger partial charge in [-0.15, -0.1) is 0 Å². The fraction of sp³-hybridized carbons (Fsp3) is 0.889. The summed E-state index contributed by atoms with van der Waals surface area (Å²) in [5, 5.41) is 0. The standard InChI is InChI=1S/2C9H18O/c2*1-4-5-6-7-8(2)9(3)10/h2*8H,4-7H2,1-3H3. The lowest BCUT2D eigenvalue weighted by atomic mass is 10.0. The van der Waals surface area contributed by atoms with Gasteiger partial charge in [0.05, 0.1) is 0 Å². The number of rotatable bonds is 10. The summed E-state index contributed by atoms with van der Waals surface area (Å²) in [6, 6.07) is 0. The Morgan fingerprint density at radius 1 is 0.700 bits per heavy atom. The first kappa shape index (κ1) is 21.6. The second-order valence-electron chi connectivity index (χ2n) is 6.01. The van der Waals surface area contributed by atoms with E-state index in [0.29, 0.717) is 11.6 Å². The highest BCUT2D eigenvalue weighted by Gasteiger charge is 2.05. The highest BCUT2D eigenvalue weighted by atomic mass is 16.1. The van der Waals surface area contributed by atoms with Gasteiger partial charge in [-0.1, -0.05) is 66.2 Å². The van der Waals surface area contributed by atoms with Gasteiger partial charge < -0.3 is 0 Å². The minimum absolute atomic E-state index is 0.284. The monoisotopic (exact) mass is 284 g/mol. The molecule has 0 heterocycles. The Labute approximate surface area is 126 Å². The fourth-order valence-corrected chi connectivity index (χ4v) is 1.81. The number of Topliss-reactive ketones (excluding diaryl/α,β-unsaturated/α-hetero) is 2. The van der Waals surface area contributed by atoms with Gasteiger partial charge in [-0.2, -0.15) is 0 Å². The SMILES string of the molecule is CCCCCC(C)C(C)=O.CCCCCC(C)C(C)=O. The Morgan fingerprint density at radius 3 is 1.20 bits per heavy atom. The van der Waals surface area contributed by atoms with Crippen molar-refractivity contribution in [3.05, 3.63) is 0 Å². The van der Waals surface area contributed by atoms with Gasteiger partial charge >= 0.3 is 0 Å². The van der Waals surface area contributed by atoms with Crippen LogP contribution in [0.3, 0.4) is 0 Å². The Balaban J connectivity index is 0. The Kier molecular flexibility index (Phi) is 15.9. The Hall–Kier alpha value is -0.660. The molecule has 0 radical (unpaired) electrons. The Morgan fingerprint density at radius 2 is 1.00 bits per heavy atom. The van der Waals surface area contributed by atoms with Crippen LogP contribution in [0.2, 0.25) is 0 Å². The second kappa shape index (κ2) is 14.7. The number of hydrogen-bond acceptors (Lipinski definition) is 2. The van der Waals surface area contributed by atoms with Crippen molar-refractivity contribution in [2.75, 3.05) is 0 Å². The van der Waals surface area contributed by atoms with Crippen molar-refractivity contribution in [2.45, 2.75) is 92.9 Å². The van der Waals surface area contributed by atoms with E-state index in [9.17, 15) is 9.59 Å². The predicted octanol–water partition coefficient (Wildman–Crippen LogP) is 5.58. The van der Waals surface area contributed by atoms with Gasteiger partial charge in [-0.05, 0) is 26.7 Å². The van der Waals surface area contributed by atoms with Crippen LogP contribution in [0.1, 0.15) is 92.9 Å². The van der Waals surface area contributed by atoms with E-state index in [1.54, 1.807) is 13.8 Å². The third kappa shape index (κ3) is 15.4. The van der Waals surface area contributed by atoms with Gasteiger partial charge in [-0.3, -0.25) is 9.59 Å². The third-order valence-electron chi connectivity index (χ3n) is 3.87. The summed E-state index contributed by atoms with van der Waals surface area (Å²) < 4.78 is 0. The maximum atomic E-state index is 10.7. The molecule has 0 aromatic rings. The molecule has 0 saturated heterocycles. The number of ketones is 2. The van der Waals surface area contributed by atoms with Crippen LogP contribution < -0.4 is 0 Å². The van der Waals surface area contributed by atoms with Crippen molar-refractivity contribution in [1.82, 2.24) is 0 Å². The van der Waals surface area contributed by atoms with Gasteiger partial charge in [0.25, 0.3) is 0 Å². The molecule has 0 amide bonds. The van der Waals surface area contributed by atoms with Crippen molar-refractivity contribution in [1.29, 1.82) is 0 Å². The minimum Gasteiger partial charge on any atom is -0.300 e. The quantitative estimate of drug-likeness (QED) is 0.490. The van der Waals surface area contributed by atoms with Crippen molar-refractivity contribution in [3.8, 4) is 0 Å². The van der Waals surface area contributed by atoms with E-state index < -0.39 is 0 Å². The molecule has 0 aliphatic heterocycles. The predicted molar refractivity (Wildman–Crippen MR) is 88.0 cm³/mol. The zero-order valence-corrected chi connectivity index (χ0v) is 14.6. The van der Waals surface area contributed by atoms with E-state index in [0.717, 1.165) is 12.8 Å². The van der Waals surface area contributed by atoms with Gasteiger partial charge in [0.1, 0.15) is 11.6 Å². The molecule has 0 aromatic carbocycles. The summed E-state index contributed by atoms with van der Waals surface area (Å²) in [6.07, 6.45) is 9.56. The van der Waals surface area contributed by atoms with E-state index in [4.69, 9.17) is 0 Å². The molecule has 0 aliphatic carbocycles. The van der Waals surface area contributed by atoms with E-state index >= 15 is 0 Å². The van der Waals surface area contributed by atoms with Crippen LogP contribution in [0.15, 0.2) is 0 Å². The molecule has 2 heteroatoms. The summed E-state index contributed by atoms with van der Waals surface area (Å²) in [7, 11) is 0. The number of unbranched alkanes of at least 4 members (excludes halogenated alkanes) is 4. The lowest BCUT2D eigenvalue weighted by molar-refractivity contribution is -0.121. The number of carbonyl (C=O) groups excluding carboxylic acids is 2. The molecule has 2 atom stereocenters. The van der Waals surface area contributed by atoms with Crippen LogP contribution in [0.4, 0.5) is 0 Å². The number of carbonyl (C=O) groups is 2. The van der Waals surface area contributed by atoms with Crippen molar-refractivity contribution < 1.29 is 9.59 Å². The summed E-state index contributed by atoms with van der Waals surface area (Å²) in [4.78, 5) is 21.5. The molecular weight excluding hydrogens is 248 g/mol. The summed E-state index contributed by atoms with van der Waals surface area (Å²) in [5.41, 5.74) is 0. The molecule has 120 valence electrons. The molecule has 2 nitrogen and oxygen atoms in total. The van der Waals surface area contributed by atoms with Gasteiger partial charge in [0, 0.05) is 11.8 Å². The van der Waals surface area contributed by atoms with Crippen molar-refractivity contribution >= 4 is 11.6 Å². The molecular formula is C18H36O2. The minimum atomic E-state index is 0.284. The second-order valence-corrected chi connectivity index (χ2v) is 6.01.